The van der Waals surface area contributed by atoms with Crippen LogP contribution in [0.5, 0.6) is 0 Å². The first-order valence-electron chi connectivity index (χ1n) is 7.09. The number of amides is 1. The van der Waals surface area contributed by atoms with Gasteiger partial charge >= 0.3 is 29.6 Å². The quantitative estimate of drug-likeness (QED) is 0.413. The van der Waals surface area contributed by atoms with Crippen LogP contribution in [-0.2, 0) is 14.9 Å². The number of hydrazone groups is 1. The SMILES string of the molecule is CC1=NN(c2ccccc2)C(=O)/C1=C\c1ccccc1S(=O)(=O)[O-].[Na+]. The van der Waals surface area contributed by atoms with E-state index in [0.29, 0.717) is 11.4 Å². The van der Waals surface area contributed by atoms with Crippen molar-refractivity contribution < 1.29 is 47.3 Å². The van der Waals surface area contributed by atoms with Crippen LogP contribution in [0.2, 0.25) is 0 Å². The Balaban J connectivity index is 0.00000225. The largest absolute Gasteiger partial charge is 1.00 e. The third kappa shape index (κ3) is 4.08. The van der Waals surface area contributed by atoms with Crippen molar-refractivity contribution in [2.45, 2.75) is 11.8 Å². The second-order valence-electron chi connectivity index (χ2n) is 5.19. The van der Waals surface area contributed by atoms with E-state index in [0.717, 1.165) is 0 Å². The Bertz CT molecular complexity index is 969. The van der Waals surface area contributed by atoms with Crippen LogP contribution in [0.15, 0.2) is 70.2 Å². The number of carbonyl (C=O) groups is 1. The number of benzene rings is 2. The Morgan fingerprint density at radius 1 is 1.04 bits per heavy atom. The molecule has 3 rings (SSSR count). The number of para-hydroxylation sites is 1. The summed E-state index contributed by atoms with van der Waals surface area (Å²) in [4.78, 5) is 12.2. The maximum atomic E-state index is 12.6. The topological polar surface area (TPSA) is 89.9 Å². The molecule has 2 aromatic carbocycles. The molecule has 8 heteroatoms. The van der Waals surface area contributed by atoms with Crippen molar-refractivity contribution in [2.24, 2.45) is 5.10 Å². The molecule has 0 aliphatic carbocycles. The molecule has 0 fully saturated rings. The maximum Gasteiger partial charge on any atom is 1.00 e. The summed E-state index contributed by atoms with van der Waals surface area (Å²) >= 11 is 0. The Kier molecular flexibility index (Phi) is 5.97. The average molecular weight is 364 g/mol. The van der Waals surface area contributed by atoms with Gasteiger partial charge in [-0.05, 0) is 36.8 Å². The smallest absolute Gasteiger partial charge is 0.744 e. The first kappa shape index (κ1) is 19.6. The van der Waals surface area contributed by atoms with E-state index in [2.05, 4.69) is 5.10 Å². The van der Waals surface area contributed by atoms with Gasteiger partial charge in [-0.25, -0.2) is 8.42 Å². The van der Waals surface area contributed by atoms with Gasteiger partial charge in [-0.15, -0.1) is 0 Å². The Labute approximate surface area is 167 Å². The van der Waals surface area contributed by atoms with Gasteiger partial charge in [0.1, 0.15) is 10.1 Å². The zero-order chi connectivity index (χ0) is 17.3. The molecule has 0 N–H and O–H groups in total. The minimum Gasteiger partial charge on any atom is -0.744 e. The van der Waals surface area contributed by atoms with Crippen LogP contribution in [0.4, 0.5) is 5.69 Å². The van der Waals surface area contributed by atoms with E-state index in [4.69, 9.17) is 0 Å². The minimum absolute atomic E-state index is 0. The van der Waals surface area contributed by atoms with Crippen molar-refractivity contribution >= 4 is 33.5 Å². The van der Waals surface area contributed by atoms with Gasteiger partial charge in [-0.3, -0.25) is 4.79 Å². The summed E-state index contributed by atoms with van der Waals surface area (Å²) in [7, 11) is -4.64. The Morgan fingerprint density at radius 2 is 1.64 bits per heavy atom. The zero-order valence-corrected chi connectivity index (χ0v) is 16.5. The van der Waals surface area contributed by atoms with Crippen molar-refractivity contribution in [2.75, 3.05) is 5.01 Å². The normalized spacial score (nSPS) is 15.9. The molecule has 1 aliphatic rings. The van der Waals surface area contributed by atoms with E-state index in [1.165, 1.54) is 29.3 Å². The van der Waals surface area contributed by atoms with Crippen LogP contribution in [0.3, 0.4) is 0 Å². The number of rotatable bonds is 3. The Hall–Kier alpha value is -1.77. The van der Waals surface area contributed by atoms with Crippen molar-refractivity contribution in [3.63, 3.8) is 0 Å². The molecule has 25 heavy (non-hydrogen) atoms. The minimum atomic E-state index is -4.64. The predicted octanol–water partition coefficient (Wildman–Crippen LogP) is -0.599. The van der Waals surface area contributed by atoms with E-state index in [-0.39, 0.29) is 51.5 Å². The van der Waals surface area contributed by atoms with Gasteiger partial charge in [-0.2, -0.15) is 10.1 Å². The summed E-state index contributed by atoms with van der Waals surface area (Å²) < 4.78 is 34.1. The first-order chi connectivity index (χ1) is 11.4. The van der Waals surface area contributed by atoms with E-state index >= 15 is 0 Å². The monoisotopic (exact) mass is 364 g/mol. The molecule has 0 aromatic heterocycles. The van der Waals surface area contributed by atoms with Gasteiger partial charge < -0.3 is 4.55 Å². The van der Waals surface area contributed by atoms with Crippen molar-refractivity contribution in [3.8, 4) is 0 Å². The van der Waals surface area contributed by atoms with Crippen LogP contribution in [0.25, 0.3) is 6.08 Å². The van der Waals surface area contributed by atoms with Gasteiger partial charge in [0.05, 0.1) is 21.9 Å². The van der Waals surface area contributed by atoms with E-state index < -0.39 is 10.1 Å². The molecule has 0 saturated carbocycles. The molecular weight excluding hydrogens is 351 g/mol. The molecule has 6 nitrogen and oxygen atoms in total. The van der Waals surface area contributed by atoms with Crippen molar-refractivity contribution in [3.05, 3.63) is 65.7 Å². The van der Waals surface area contributed by atoms with Crippen LogP contribution < -0.4 is 34.6 Å². The summed E-state index contributed by atoms with van der Waals surface area (Å²) in [6, 6.07) is 14.6. The molecular formula is C17H13N2NaO4S. The van der Waals surface area contributed by atoms with E-state index in [1.54, 1.807) is 37.3 Å². The van der Waals surface area contributed by atoms with Crippen LogP contribution in [0, 0.1) is 0 Å². The molecule has 0 atom stereocenters. The van der Waals surface area contributed by atoms with E-state index in [9.17, 15) is 17.8 Å². The molecule has 1 heterocycles. The summed E-state index contributed by atoms with van der Waals surface area (Å²) in [5, 5.41) is 5.46. The van der Waals surface area contributed by atoms with Gasteiger partial charge in [0, 0.05) is 0 Å². The zero-order valence-electron chi connectivity index (χ0n) is 13.7. The molecule has 122 valence electrons. The fourth-order valence-electron chi connectivity index (χ4n) is 2.41. The maximum absolute atomic E-state index is 12.6. The van der Waals surface area contributed by atoms with Crippen molar-refractivity contribution in [1.29, 1.82) is 0 Å². The molecule has 0 unspecified atom stereocenters. The molecule has 1 amide bonds. The second kappa shape index (κ2) is 7.63. The molecule has 0 radical (unpaired) electrons. The number of hydrogen-bond acceptors (Lipinski definition) is 5. The van der Waals surface area contributed by atoms with Crippen LogP contribution in [0.1, 0.15) is 12.5 Å². The number of carbonyl (C=O) groups excluding carboxylic acids is 1. The first-order valence-corrected chi connectivity index (χ1v) is 8.50. The molecule has 0 bridgehead atoms. The van der Waals surface area contributed by atoms with Crippen molar-refractivity contribution in [1.82, 2.24) is 0 Å². The molecule has 0 saturated heterocycles. The average Bonchev–Trinajstić information content (AvgIpc) is 2.83. The molecule has 1 aliphatic heterocycles. The predicted molar refractivity (Wildman–Crippen MR) is 89.4 cm³/mol. The van der Waals surface area contributed by atoms with Gasteiger partial charge in [0.15, 0.2) is 0 Å². The van der Waals surface area contributed by atoms with E-state index in [1.807, 2.05) is 6.07 Å². The standard InChI is InChI=1S/C17H14N2O4S.Na/c1-12-15(11-13-7-5-6-10-16(13)24(21,22)23)17(20)19(18-12)14-8-3-2-4-9-14;/h2-11H,1H3,(H,21,22,23);/q;+1/p-1/b15-11-;. The third-order valence-electron chi connectivity index (χ3n) is 3.55. The van der Waals surface area contributed by atoms with Gasteiger partial charge in [0.25, 0.3) is 5.91 Å². The summed E-state index contributed by atoms with van der Waals surface area (Å²) in [5.74, 6) is -0.378. The fraction of sp³-hybridized carbons (Fsp3) is 0.0588. The fourth-order valence-corrected chi connectivity index (χ4v) is 3.07. The van der Waals surface area contributed by atoms with Crippen LogP contribution in [-0.4, -0.2) is 24.6 Å². The number of nitrogens with zero attached hydrogens (tertiary/aromatic N) is 2. The number of anilines is 1. The molecule has 0 spiro atoms. The Morgan fingerprint density at radius 3 is 2.28 bits per heavy atom. The molecule has 2 aromatic rings. The summed E-state index contributed by atoms with van der Waals surface area (Å²) in [5.41, 5.74) is 1.46. The second-order valence-corrected chi connectivity index (χ2v) is 6.54. The van der Waals surface area contributed by atoms with Crippen LogP contribution >= 0.6 is 0 Å². The van der Waals surface area contributed by atoms with Gasteiger partial charge in [0.2, 0.25) is 0 Å². The summed E-state index contributed by atoms with van der Waals surface area (Å²) in [6.07, 6.45) is 1.38. The number of hydrogen-bond donors (Lipinski definition) is 0. The third-order valence-corrected chi connectivity index (χ3v) is 4.46. The summed E-state index contributed by atoms with van der Waals surface area (Å²) in [6.45, 7) is 1.65. The van der Waals surface area contributed by atoms with Gasteiger partial charge in [-0.1, -0.05) is 36.4 Å².